The average Bonchev–Trinajstić information content (AvgIpc) is 3.06. The van der Waals surface area contributed by atoms with Gasteiger partial charge in [0.05, 0.1) is 11.4 Å². The zero-order valence-corrected chi connectivity index (χ0v) is 16.5. The molecule has 4 rings (SSSR count). The lowest BCUT2D eigenvalue weighted by Gasteiger charge is -2.21. The van der Waals surface area contributed by atoms with Crippen LogP contribution in [0.1, 0.15) is 23.7 Å². The standard InChI is InChI=1S/C24H26N4/c1-3-27(15-19-7-5-4-6-8-19)17-22-24(20-11-9-18(2)10-12-20)26-23-14-13-21(25)16-28(22)23/h4-14,16H,3,15,17,25H2,1-2H3. The zero-order valence-electron chi connectivity index (χ0n) is 16.5. The van der Waals surface area contributed by atoms with E-state index in [1.165, 1.54) is 16.8 Å². The van der Waals surface area contributed by atoms with Crippen molar-refractivity contribution in [3.05, 3.63) is 89.7 Å². The van der Waals surface area contributed by atoms with Crippen LogP contribution < -0.4 is 5.73 Å². The first-order chi connectivity index (χ1) is 13.6. The molecule has 28 heavy (non-hydrogen) atoms. The van der Waals surface area contributed by atoms with Crippen LogP contribution in [0.4, 0.5) is 5.69 Å². The van der Waals surface area contributed by atoms with E-state index < -0.39 is 0 Å². The monoisotopic (exact) mass is 370 g/mol. The topological polar surface area (TPSA) is 46.6 Å². The summed E-state index contributed by atoms with van der Waals surface area (Å²) in [6.07, 6.45) is 1.98. The van der Waals surface area contributed by atoms with Gasteiger partial charge in [0.1, 0.15) is 5.65 Å². The molecular weight excluding hydrogens is 344 g/mol. The number of nitrogen functional groups attached to an aromatic ring is 1. The van der Waals surface area contributed by atoms with E-state index in [1.54, 1.807) is 0 Å². The second-order valence-corrected chi connectivity index (χ2v) is 7.25. The van der Waals surface area contributed by atoms with E-state index in [2.05, 4.69) is 77.7 Å². The third-order valence-corrected chi connectivity index (χ3v) is 5.13. The largest absolute Gasteiger partial charge is 0.398 e. The van der Waals surface area contributed by atoms with Crippen LogP contribution in [0, 0.1) is 6.92 Å². The smallest absolute Gasteiger partial charge is 0.137 e. The van der Waals surface area contributed by atoms with Crippen molar-refractivity contribution in [3.8, 4) is 11.3 Å². The fourth-order valence-electron chi connectivity index (χ4n) is 3.54. The second-order valence-electron chi connectivity index (χ2n) is 7.25. The van der Waals surface area contributed by atoms with E-state index in [4.69, 9.17) is 10.7 Å². The van der Waals surface area contributed by atoms with Crippen LogP contribution in [0.5, 0.6) is 0 Å². The lowest BCUT2D eigenvalue weighted by molar-refractivity contribution is 0.268. The van der Waals surface area contributed by atoms with Gasteiger partial charge in [-0.1, -0.05) is 67.1 Å². The number of benzene rings is 2. The van der Waals surface area contributed by atoms with Crippen molar-refractivity contribution in [2.24, 2.45) is 0 Å². The summed E-state index contributed by atoms with van der Waals surface area (Å²) in [6, 6.07) is 23.1. The Hall–Kier alpha value is -3.11. The maximum absolute atomic E-state index is 6.09. The van der Waals surface area contributed by atoms with Crippen LogP contribution in [-0.2, 0) is 13.1 Å². The van der Waals surface area contributed by atoms with E-state index in [0.29, 0.717) is 0 Å². The predicted molar refractivity (Wildman–Crippen MR) is 116 cm³/mol. The van der Waals surface area contributed by atoms with E-state index in [0.717, 1.165) is 42.2 Å². The molecule has 0 saturated carbocycles. The van der Waals surface area contributed by atoms with Crippen molar-refractivity contribution in [3.63, 3.8) is 0 Å². The number of anilines is 1. The number of fused-ring (bicyclic) bond motifs is 1. The molecule has 0 amide bonds. The van der Waals surface area contributed by atoms with E-state index in [1.807, 2.05) is 18.3 Å². The maximum Gasteiger partial charge on any atom is 0.137 e. The first kappa shape index (κ1) is 18.3. The van der Waals surface area contributed by atoms with Gasteiger partial charge in [0, 0.05) is 30.5 Å². The van der Waals surface area contributed by atoms with Crippen molar-refractivity contribution in [2.75, 3.05) is 12.3 Å². The molecule has 142 valence electrons. The van der Waals surface area contributed by atoms with Gasteiger partial charge in [-0.05, 0) is 31.2 Å². The molecule has 0 unspecified atom stereocenters. The van der Waals surface area contributed by atoms with Crippen LogP contribution in [0.3, 0.4) is 0 Å². The molecule has 4 heteroatoms. The minimum atomic E-state index is 0.743. The maximum atomic E-state index is 6.09. The Labute approximate surface area is 166 Å². The highest BCUT2D eigenvalue weighted by molar-refractivity contribution is 5.67. The predicted octanol–water partition coefficient (Wildman–Crippen LogP) is 4.91. The Balaban J connectivity index is 1.76. The van der Waals surface area contributed by atoms with E-state index in [-0.39, 0.29) is 0 Å². The summed E-state index contributed by atoms with van der Waals surface area (Å²) in [7, 11) is 0. The summed E-state index contributed by atoms with van der Waals surface area (Å²) in [4.78, 5) is 7.36. The van der Waals surface area contributed by atoms with Crippen molar-refractivity contribution in [1.29, 1.82) is 0 Å². The SMILES string of the molecule is CCN(Cc1ccccc1)Cc1c(-c2ccc(C)cc2)nc2ccc(N)cn12. The third kappa shape index (κ3) is 3.78. The van der Waals surface area contributed by atoms with Crippen molar-refractivity contribution >= 4 is 11.3 Å². The summed E-state index contributed by atoms with van der Waals surface area (Å²) in [5.41, 5.74) is 13.7. The number of nitrogens with zero attached hydrogens (tertiary/aromatic N) is 3. The van der Waals surface area contributed by atoms with Crippen LogP contribution in [-0.4, -0.2) is 20.8 Å². The van der Waals surface area contributed by atoms with Crippen LogP contribution in [0.2, 0.25) is 0 Å². The number of hydrogen-bond donors (Lipinski definition) is 1. The number of imidazole rings is 1. The molecule has 4 nitrogen and oxygen atoms in total. The molecule has 0 aliphatic carbocycles. The summed E-state index contributed by atoms with van der Waals surface area (Å²) in [5, 5.41) is 0. The molecule has 2 heterocycles. The summed E-state index contributed by atoms with van der Waals surface area (Å²) in [6.45, 7) is 6.97. The quantitative estimate of drug-likeness (QED) is 0.524. The lowest BCUT2D eigenvalue weighted by atomic mass is 10.1. The van der Waals surface area contributed by atoms with Crippen LogP contribution in [0.15, 0.2) is 72.9 Å². The number of hydrogen-bond acceptors (Lipinski definition) is 3. The highest BCUT2D eigenvalue weighted by Crippen LogP contribution is 2.27. The molecule has 0 bridgehead atoms. The third-order valence-electron chi connectivity index (χ3n) is 5.13. The van der Waals surface area contributed by atoms with Gasteiger partial charge < -0.3 is 10.1 Å². The van der Waals surface area contributed by atoms with Gasteiger partial charge in [-0.25, -0.2) is 4.98 Å². The van der Waals surface area contributed by atoms with Gasteiger partial charge in [-0.15, -0.1) is 0 Å². The Bertz CT molecular complexity index is 1070. The van der Waals surface area contributed by atoms with Crippen LogP contribution in [0.25, 0.3) is 16.9 Å². The molecule has 0 fully saturated rings. The molecule has 2 aromatic heterocycles. The molecular formula is C24H26N4. The average molecular weight is 371 g/mol. The summed E-state index contributed by atoms with van der Waals surface area (Å²) < 4.78 is 2.14. The van der Waals surface area contributed by atoms with Gasteiger partial charge in [0.2, 0.25) is 0 Å². The lowest BCUT2D eigenvalue weighted by Crippen LogP contribution is -2.23. The normalized spacial score (nSPS) is 11.4. The Kier molecular flexibility index (Phi) is 5.13. The molecule has 4 aromatic rings. The highest BCUT2D eigenvalue weighted by Gasteiger charge is 2.17. The second kappa shape index (κ2) is 7.87. The number of aromatic nitrogens is 2. The highest BCUT2D eigenvalue weighted by atomic mass is 15.1. The molecule has 2 aromatic carbocycles. The number of nitrogens with two attached hydrogens (primary N) is 1. The zero-order chi connectivity index (χ0) is 19.5. The minimum absolute atomic E-state index is 0.743. The van der Waals surface area contributed by atoms with Crippen LogP contribution >= 0.6 is 0 Å². The van der Waals surface area contributed by atoms with Gasteiger partial charge in [0.25, 0.3) is 0 Å². The molecule has 2 N–H and O–H groups in total. The molecule has 0 atom stereocenters. The van der Waals surface area contributed by atoms with Crippen molar-refractivity contribution < 1.29 is 0 Å². The number of rotatable bonds is 6. The minimum Gasteiger partial charge on any atom is -0.398 e. The molecule has 0 aliphatic rings. The Morgan fingerprint density at radius 3 is 2.39 bits per heavy atom. The van der Waals surface area contributed by atoms with E-state index in [9.17, 15) is 0 Å². The van der Waals surface area contributed by atoms with Gasteiger partial charge in [-0.2, -0.15) is 0 Å². The molecule has 0 saturated heterocycles. The van der Waals surface area contributed by atoms with Gasteiger partial charge >= 0.3 is 0 Å². The molecule has 0 radical (unpaired) electrons. The van der Waals surface area contributed by atoms with Gasteiger partial charge in [0.15, 0.2) is 0 Å². The first-order valence-corrected chi connectivity index (χ1v) is 9.74. The Morgan fingerprint density at radius 1 is 0.929 bits per heavy atom. The summed E-state index contributed by atoms with van der Waals surface area (Å²) in [5.74, 6) is 0. The fraction of sp³-hybridized carbons (Fsp3) is 0.208. The van der Waals surface area contributed by atoms with Crippen molar-refractivity contribution in [1.82, 2.24) is 14.3 Å². The molecule has 0 aliphatic heterocycles. The fourth-order valence-corrected chi connectivity index (χ4v) is 3.54. The summed E-state index contributed by atoms with van der Waals surface area (Å²) >= 11 is 0. The van der Waals surface area contributed by atoms with Crippen molar-refractivity contribution in [2.45, 2.75) is 26.9 Å². The number of pyridine rings is 1. The number of aryl methyl sites for hydroxylation is 1. The van der Waals surface area contributed by atoms with Gasteiger partial charge in [-0.3, -0.25) is 4.90 Å². The molecule has 0 spiro atoms. The first-order valence-electron chi connectivity index (χ1n) is 9.74. The Morgan fingerprint density at radius 2 is 1.68 bits per heavy atom. The van der Waals surface area contributed by atoms with E-state index >= 15 is 0 Å².